The zero-order valence-corrected chi connectivity index (χ0v) is 12.7. The van der Waals surface area contributed by atoms with Gasteiger partial charge in [0.15, 0.2) is 0 Å². The molecule has 1 aromatic carbocycles. The molecule has 5 heteroatoms. The number of benzene rings is 1. The number of carboxylic acids is 1. The average molecular weight is 305 g/mol. The minimum Gasteiger partial charge on any atom is -0.490 e. The molecule has 1 aliphatic carbocycles. The monoisotopic (exact) mass is 305 g/mol. The van der Waals surface area contributed by atoms with Gasteiger partial charge in [0.05, 0.1) is 6.10 Å². The van der Waals surface area contributed by atoms with Crippen LogP contribution in [0.3, 0.4) is 0 Å². The van der Waals surface area contributed by atoms with Crippen molar-refractivity contribution in [3.8, 4) is 5.75 Å². The summed E-state index contributed by atoms with van der Waals surface area (Å²) >= 11 is 0. The standard InChI is InChI=1S/C17H23NO4/c19-16(20)10-3-4-11-18-17(21)13-6-5-9-15(12-13)22-14-7-1-2-8-14/h5-6,9,12,14H,1-4,7-8,10-11H2,(H,18,21)(H,19,20). The number of amides is 1. The SMILES string of the molecule is O=C(O)CCCCNC(=O)c1cccc(OC2CCCC2)c1. The molecule has 0 heterocycles. The molecule has 1 amide bonds. The lowest BCUT2D eigenvalue weighted by Crippen LogP contribution is -2.24. The smallest absolute Gasteiger partial charge is 0.303 e. The molecule has 5 nitrogen and oxygen atoms in total. The van der Waals surface area contributed by atoms with Gasteiger partial charge in [-0.05, 0) is 56.7 Å². The predicted molar refractivity (Wildman–Crippen MR) is 83.1 cm³/mol. The molecule has 2 N–H and O–H groups in total. The maximum atomic E-state index is 12.0. The second kappa shape index (κ2) is 8.41. The summed E-state index contributed by atoms with van der Waals surface area (Å²) in [7, 11) is 0. The van der Waals surface area contributed by atoms with Crippen molar-refractivity contribution in [2.75, 3.05) is 6.54 Å². The zero-order valence-electron chi connectivity index (χ0n) is 12.7. The van der Waals surface area contributed by atoms with Crippen LogP contribution in [0.2, 0.25) is 0 Å². The Labute approximate surface area is 130 Å². The lowest BCUT2D eigenvalue weighted by atomic mass is 10.2. The molecule has 1 aliphatic rings. The maximum absolute atomic E-state index is 12.0. The first-order valence-electron chi connectivity index (χ1n) is 7.92. The van der Waals surface area contributed by atoms with E-state index >= 15 is 0 Å². The van der Waals surface area contributed by atoms with Gasteiger partial charge in [-0.2, -0.15) is 0 Å². The van der Waals surface area contributed by atoms with Crippen LogP contribution in [-0.4, -0.2) is 29.6 Å². The number of aliphatic carboxylic acids is 1. The van der Waals surface area contributed by atoms with Crippen LogP contribution >= 0.6 is 0 Å². The summed E-state index contributed by atoms with van der Waals surface area (Å²) in [6, 6.07) is 7.23. The molecule has 1 fully saturated rings. The highest BCUT2D eigenvalue weighted by molar-refractivity contribution is 5.94. The van der Waals surface area contributed by atoms with Crippen LogP contribution in [0.15, 0.2) is 24.3 Å². The van der Waals surface area contributed by atoms with Crippen molar-refractivity contribution < 1.29 is 19.4 Å². The fourth-order valence-electron chi connectivity index (χ4n) is 2.61. The van der Waals surface area contributed by atoms with Gasteiger partial charge in [0.25, 0.3) is 5.91 Å². The minimum atomic E-state index is -0.803. The molecular weight excluding hydrogens is 282 g/mol. The van der Waals surface area contributed by atoms with Crippen LogP contribution in [0, 0.1) is 0 Å². The van der Waals surface area contributed by atoms with E-state index < -0.39 is 5.97 Å². The summed E-state index contributed by atoms with van der Waals surface area (Å²) < 4.78 is 5.89. The summed E-state index contributed by atoms with van der Waals surface area (Å²) in [5.41, 5.74) is 0.578. The first-order chi connectivity index (χ1) is 10.6. The van der Waals surface area contributed by atoms with E-state index in [2.05, 4.69) is 5.32 Å². The first-order valence-corrected chi connectivity index (χ1v) is 7.92. The first kappa shape index (κ1) is 16.3. The van der Waals surface area contributed by atoms with Crippen LogP contribution in [0.25, 0.3) is 0 Å². The van der Waals surface area contributed by atoms with Gasteiger partial charge in [0, 0.05) is 18.5 Å². The van der Waals surface area contributed by atoms with Gasteiger partial charge in [0.2, 0.25) is 0 Å². The predicted octanol–water partition coefficient (Wildman–Crippen LogP) is 2.99. The van der Waals surface area contributed by atoms with E-state index in [1.165, 1.54) is 12.8 Å². The molecule has 1 saturated carbocycles. The van der Waals surface area contributed by atoms with Crippen molar-refractivity contribution in [2.24, 2.45) is 0 Å². The molecule has 0 unspecified atom stereocenters. The summed E-state index contributed by atoms with van der Waals surface area (Å²) in [4.78, 5) is 22.4. The Bertz CT molecular complexity index is 509. The van der Waals surface area contributed by atoms with Crippen molar-refractivity contribution >= 4 is 11.9 Å². The minimum absolute atomic E-state index is 0.139. The van der Waals surface area contributed by atoms with Crippen LogP contribution < -0.4 is 10.1 Å². The molecule has 0 aromatic heterocycles. The van der Waals surface area contributed by atoms with E-state index in [0.29, 0.717) is 24.9 Å². The highest BCUT2D eigenvalue weighted by Crippen LogP contribution is 2.24. The maximum Gasteiger partial charge on any atom is 0.303 e. The molecule has 0 spiro atoms. The molecule has 1 aromatic rings. The molecule has 0 aliphatic heterocycles. The van der Waals surface area contributed by atoms with Crippen molar-refractivity contribution in [1.82, 2.24) is 5.32 Å². The largest absolute Gasteiger partial charge is 0.490 e. The van der Waals surface area contributed by atoms with E-state index in [9.17, 15) is 9.59 Å². The summed E-state index contributed by atoms with van der Waals surface area (Å²) in [5.74, 6) is -0.208. The topological polar surface area (TPSA) is 75.6 Å². The Morgan fingerprint density at radius 1 is 1.23 bits per heavy atom. The molecule has 22 heavy (non-hydrogen) atoms. The van der Waals surface area contributed by atoms with E-state index in [-0.39, 0.29) is 18.4 Å². The number of carboxylic acid groups (broad SMARTS) is 1. The molecule has 0 radical (unpaired) electrons. The highest BCUT2D eigenvalue weighted by atomic mass is 16.5. The number of rotatable bonds is 8. The van der Waals surface area contributed by atoms with Gasteiger partial charge in [-0.15, -0.1) is 0 Å². The summed E-state index contributed by atoms with van der Waals surface area (Å²) in [6.45, 7) is 0.486. The zero-order chi connectivity index (χ0) is 15.8. The quantitative estimate of drug-likeness (QED) is 0.724. The number of carbonyl (C=O) groups excluding carboxylic acids is 1. The van der Waals surface area contributed by atoms with Gasteiger partial charge < -0.3 is 15.2 Å². The van der Waals surface area contributed by atoms with Crippen molar-refractivity contribution in [2.45, 2.75) is 51.0 Å². The molecule has 0 atom stereocenters. The number of hydrogen-bond donors (Lipinski definition) is 2. The summed E-state index contributed by atoms with van der Waals surface area (Å²) in [6.07, 6.45) is 6.23. The lowest BCUT2D eigenvalue weighted by Gasteiger charge is -2.13. The van der Waals surface area contributed by atoms with Crippen molar-refractivity contribution in [3.05, 3.63) is 29.8 Å². The summed E-state index contributed by atoms with van der Waals surface area (Å²) in [5, 5.41) is 11.4. The fraction of sp³-hybridized carbons (Fsp3) is 0.529. The molecular formula is C17H23NO4. The van der Waals surface area contributed by atoms with Crippen LogP contribution in [0.4, 0.5) is 0 Å². The molecule has 0 saturated heterocycles. The molecule has 0 bridgehead atoms. The number of ether oxygens (including phenoxy) is 1. The third kappa shape index (κ3) is 5.39. The third-order valence-corrected chi connectivity index (χ3v) is 3.80. The van der Waals surface area contributed by atoms with E-state index in [1.807, 2.05) is 12.1 Å². The van der Waals surface area contributed by atoms with Crippen molar-refractivity contribution in [1.29, 1.82) is 0 Å². The van der Waals surface area contributed by atoms with Gasteiger partial charge >= 0.3 is 5.97 Å². The van der Waals surface area contributed by atoms with Gasteiger partial charge in [-0.25, -0.2) is 0 Å². The van der Waals surface area contributed by atoms with Crippen LogP contribution in [0.5, 0.6) is 5.75 Å². The van der Waals surface area contributed by atoms with Gasteiger partial charge in [-0.1, -0.05) is 6.07 Å². The van der Waals surface area contributed by atoms with E-state index in [0.717, 1.165) is 18.6 Å². The number of nitrogens with one attached hydrogen (secondary N) is 1. The van der Waals surface area contributed by atoms with Crippen LogP contribution in [-0.2, 0) is 4.79 Å². The molecule has 2 rings (SSSR count). The lowest BCUT2D eigenvalue weighted by molar-refractivity contribution is -0.137. The van der Waals surface area contributed by atoms with Gasteiger partial charge in [0.1, 0.15) is 5.75 Å². The Morgan fingerprint density at radius 3 is 2.73 bits per heavy atom. The number of hydrogen-bond acceptors (Lipinski definition) is 3. The normalized spacial score (nSPS) is 14.7. The van der Waals surface area contributed by atoms with Crippen molar-refractivity contribution in [3.63, 3.8) is 0 Å². The Hall–Kier alpha value is -2.04. The van der Waals surface area contributed by atoms with Crippen LogP contribution in [0.1, 0.15) is 55.3 Å². The third-order valence-electron chi connectivity index (χ3n) is 3.80. The Kier molecular flexibility index (Phi) is 6.25. The Morgan fingerprint density at radius 2 is 2.00 bits per heavy atom. The van der Waals surface area contributed by atoms with Gasteiger partial charge in [-0.3, -0.25) is 9.59 Å². The second-order valence-corrected chi connectivity index (χ2v) is 5.66. The highest BCUT2D eigenvalue weighted by Gasteiger charge is 2.17. The number of carbonyl (C=O) groups is 2. The van der Waals surface area contributed by atoms with E-state index in [1.54, 1.807) is 12.1 Å². The fourth-order valence-corrected chi connectivity index (χ4v) is 2.61. The molecule has 120 valence electrons. The van der Waals surface area contributed by atoms with E-state index in [4.69, 9.17) is 9.84 Å². The Balaban J connectivity index is 1.78. The second-order valence-electron chi connectivity index (χ2n) is 5.66. The average Bonchev–Trinajstić information content (AvgIpc) is 2.99. The number of unbranched alkanes of at least 4 members (excludes halogenated alkanes) is 1.